The first kappa shape index (κ1) is 18.5. The monoisotopic (exact) mass is 296 g/mol. The number of epoxide rings is 1. The van der Waals surface area contributed by atoms with Crippen LogP contribution in [0.15, 0.2) is 12.3 Å². The fourth-order valence-electron chi connectivity index (χ4n) is 2.52. The smallest absolute Gasteiger partial charge is 0.116 e. The van der Waals surface area contributed by atoms with E-state index >= 15 is 0 Å². The minimum absolute atomic E-state index is 0.375. The van der Waals surface area contributed by atoms with E-state index in [1.165, 1.54) is 64.2 Å². The number of rotatable bonds is 15. The Bertz CT molecular complexity index is 244. The molecule has 1 rings (SSSR count). The third-order valence-corrected chi connectivity index (χ3v) is 4.03. The Balaban J connectivity index is 1.66. The minimum Gasteiger partial charge on any atom is -0.499 e. The van der Waals surface area contributed by atoms with Crippen molar-refractivity contribution in [2.24, 2.45) is 5.92 Å². The number of unbranched alkanes of at least 4 members (excludes halogenated alkanes) is 9. The van der Waals surface area contributed by atoms with Crippen LogP contribution in [0, 0.1) is 5.92 Å². The quantitative estimate of drug-likeness (QED) is 0.214. The second-order valence-corrected chi connectivity index (χ2v) is 6.81. The van der Waals surface area contributed by atoms with Gasteiger partial charge in [-0.2, -0.15) is 0 Å². The maximum absolute atomic E-state index is 5.36. The predicted molar refractivity (Wildman–Crippen MR) is 90.5 cm³/mol. The molecule has 0 N–H and O–H groups in total. The highest BCUT2D eigenvalue weighted by molar-refractivity contribution is 4.75. The van der Waals surface area contributed by atoms with Gasteiger partial charge in [-0.15, -0.1) is 0 Å². The molecule has 0 aromatic rings. The summed E-state index contributed by atoms with van der Waals surface area (Å²) in [6.07, 6.45) is 19.6. The number of allylic oxidation sites excluding steroid dienone is 1. The lowest BCUT2D eigenvalue weighted by atomic mass is 10.0. The van der Waals surface area contributed by atoms with Crippen molar-refractivity contribution < 1.29 is 9.47 Å². The normalized spacial score (nSPS) is 17.8. The van der Waals surface area contributed by atoms with Gasteiger partial charge in [-0.3, -0.25) is 0 Å². The Morgan fingerprint density at radius 2 is 1.52 bits per heavy atom. The SMILES string of the molecule is CC(C)CCCCCCCCCCCC=COCC1CO1. The van der Waals surface area contributed by atoms with Gasteiger partial charge in [0.25, 0.3) is 0 Å². The second-order valence-electron chi connectivity index (χ2n) is 6.81. The van der Waals surface area contributed by atoms with Crippen LogP contribution in [-0.4, -0.2) is 19.3 Å². The van der Waals surface area contributed by atoms with Gasteiger partial charge in [-0.05, 0) is 24.8 Å². The van der Waals surface area contributed by atoms with E-state index in [0.29, 0.717) is 6.10 Å². The first-order valence-corrected chi connectivity index (χ1v) is 9.17. The van der Waals surface area contributed by atoms with Crippen molar-refractivity contribution in [1.82, 2.24) is 0 Å². The Hall–Kier alpha value is -0.500. The lowest BCUT2D eigenvalue weighted by Gasteiger charge is -2.04. The van der Waals surface area contributed by atoms with E-state index in [1.807, 2.05) is 6.26 Å². The maximum Gasteiger partial charge on any atom is 0.116 e. The third kappa shape index (κ3) is 14.2. The zero-order chi connectivity index (χ0) is 15.2. The van der Waals surface area contributed by atoms with E-state index < -0.39 is 0 Å². The summed E-state index contributed by atoms with van der Waals surface area (Å²) in [4.78, 5) is 0. The maximum atomic E-state index is 5.36. The van der Waals surface area contributed by atoms with Crippen molar-refractivity contribution in [3.63, 3.8) is 0 Å². The highest BCUT2D eigenvalue weighted by Gasteiger charge is 2.22. The first-order chi connectivity index (χ1) is 10.3. The summed E-state index contributed by atoms with van der Waals surface area (Å²) in [5.74, 6) is 0.881. The molecule has 0 spiro atoms. The molecule has 0 saturated carbocycles. The molecule has 2 nitrogen and oxygen atoms in total. The van der Waals surface area contributed by atoms with Crippen LogP contribution in [0.1, 0.15) is 84.5 Å². The lowest BCUT2D eigenvalue weighted by Crippen LogP contribution is -1.94. The minimum atomic E-state index is 0.375. The van der Waals surface area contributed by atoms with Crippen molar-refractivity contribution in [3.8, 4) is 0 Å². The van der Waals surface area contributed by atoms with E-state index in [1.54, 1.807) is 0 Å². The average molecular weight is 296 g/mol. The van der Waals surface area contributed by atoms with Crippen molar-refractivity contribution in [2.75, 3.05) is 13.2 Å². The largest absolute Gasteiger partial charge is 0.499 e. The van der Waals surface area contributed by atoms with Crippen molar-refractivity contribution >= 4 is 0 Å². The van der Waals surface area contributed by atoms with Crippen LogP contribution in [0.3, 0.4) is 0 Å². The molecule has 1 aliphatic rings. The fourth-order valence-corrected chi connectivity index (χ4v) is 2.52. The zero-order valence-electron chi connectivity index (χ0n) is 14.3. The van der Waals surface area contributed by atoms with Gasteiger partial charge in [-0.25, -0.2) is 0 Å². The van der Waals surface area contributed by atoms with Crippen LogP contribution in [0.4, 0.5) is 0 Å². The summed E-state index contributed by atoms with van der Waals surface area (Å²) in [5.41, 5.74) is 0. The molecule has 1 heterocycles. The van der Waals surface area contributed by atoms with E-state index in [4.69, 9.17) is 9.47 Å². The molecule has 0 bridgehead atoms. The topological polar surface area (TPSA) is 21.8 Å². The molecular formula is C19H36O2. The summed E-state index contributed by atoms with van der Waals surface area (Å²) in [7, 11) is 0. The molecule has 0 radical (unpaired) electrons. The summed E-state index contributed by atoms with van der Waals surface area (Å²) in [6, 6.07) is 0. The molecule has 1 atom stereocenters. The molecule has 1 unspecified atom stereocenters. The van der Waals surface area contributed by atoms with Crippen LogP contribution >= 0.6 is 0 Å². The van der Waals surface area contributed by atoms with Gasteiger partial charge in [0.2, 0.25) is 0 Å². The van der Waals surface area contributed by atoms with Gasteiger partial charge < -0.3 is 9.47 Å². The summed E-state index contributed by atoms with van der Waals surface area (Å²) < 4.78 is 10.4. The van der Waals surface area contributed by atoms with Gasteiger partial charge in [0, 0.05) is 0 Å². The summed E-state index contributed by atoms with van der Waals surface area (Å²) in [5, 5.41) is 0. The summed E-state index contributed by atoms with van der Waals surface area (Å²) >= 11 is 0. The molecule has 1 fully saturated rings. The van der Waals surface area contributed by atoms with Gasteiger partial charge >= 0.3 is 0 Å². The molecule has 124 valence electrons. The first-order valence-electron chi connectivity index (χ1n) is 9.17. The molecule has 0 aliphatic carbocycles. The van der Waals surface area contributed by atoms with Gasteiger partial charge in [0.1, 0.15) is 12.7 Å². The highest BCUT2D eigenvalue weighted by Crippen LogP contribution is 2.13. The van der Waals surface area contributed by atoms with Crippen molar-refractivity contribution in [1.29, 1.82) is 0 Å². The van der Waals surface area contributed by atoms with Crippen LogP contribution in [-0.2, 0) is 9.47 Å². The molecule has 1 saturated heterocycles. The fraction of sp³-hybridized carbons (Fsp3) is 0.895. The highest BCUT2D eigenvalue weighted by atomic mass is 16.6. The zero-order valence-corrected chi connectivity index (χ0v) is 14.3. The predicted octanol–water partition coefficient (Wildman–Crippen LogP) is 5.86. The van der Waals surface area contributed by atoms with Crippen molar-refractivity contribution in [2.45, 2.75) is 90.6 Å². The summed E-state index contributed by atoms with van der Waals surface area (Å²) in [6.45, 7) is 6.25. The molecular weight excluding hydrogens is 260 g/mol. The Morgan fingerprint density at radius 3 is 2.10 bits per heavy atom. The molecule has 0 amide bonds. The van der Waals surface area contributed by atoms with Crippen molar-refractivity contribution in [3.05, 3.63) is 12.3 Å². The molecule has 0 aromatic heterocycles. The van der Waals surface area contributed by atoms with Crippen LogP contribution in [0.25, 0.3) is 0 Å². The Kier molecular flexibility index (Phi) is 11.6. The van der Waals surface area contributed by atoms with Crippen LogP contribution < -0.4 is 0 Å². The van der Waals surface area contributed by atoms with Crippen LogP contribution in [0.5, 0.6) is 0 Å². The van der Waals surface area contributed by atoms with Gasteiger partial charge in [0.15, 0.2) is 0 Å². The van der Waals surface area contributed by atoms with E-state index in [0.717, 1.165) is 25.6 Å². The number of hydrogen-bond donors (Lipinski definition) is 0. The van der Waals surface area contributed by atoms with E-state index in [-0.39, 0.29) is 0 Å². The molecule has 21 heavy (non-hydrogen) atoms. The lowest BCUT2D eigenvalue weighted by molar-refractivity contribution is 0.211. The molecule has 2 heteroatoms. The van der Waals surface area contributed by atoms with E-state index in [9.17, 15) is 0 Å². The Labute approximate surface area is 132 Å². The van der Waals surface area contributed by atoms with Gasteiger partial charge in [0.05, 0.1) is 12.9 Å². The molecule has 0 aromatic carbocycles. The molecule has 1 aliphatic heterocycles. The van der Waals surface area contributed by atoms with E-state index in [2.05, 4.69) is 19.9 Å². The third-order valence-electron chi connectivity index (χ3n) is 4.03. The Morgan fingerprint density at radius 1 is 0.952 bits per heavy atom. The van der Waals surface area contributed by atoms with Gasteiger partial charge in [-0.1, -0.05) is 71.6 Å². The average Bonchev–Trinajstić information content (AvgIpc) is 3.27. The second kappa shape index (κ2) is 13.2. The standard InChI is InChI=1S/C19H36O2/c1-18(2)14-12-10-8-6-4-3-5-7-9-11-13-15-20-16-19-17-21-19/h13,15,18-19H,3-12,14,16-17H2,1-2H3. The van der Waals surface area contributed by atoms with Crippen LogP contribution in [0.2, 0.25) is 0 Å². The number of hydrogen-bond acceptors (Lipinski definition) is 2. The number of ether oxygens (including phenoxy) is 2.